The van der Waals surface area contributed by atoms with Crippen LogP contribution in [0.25, 0.3) is 0 Å². The van der Waals surface area contributed by atoms with Crippen LogP contribution in [0.3, 0.4) is 0 Å². The Kier molecular flexibility index (Phi) is 8.34. The second-order valence-electron chi connectivity index (χ2n) is 8.69. The second kappa shape index (κ2) is 10.3. The topological polar surface area (TPSA) is 118 Å². The van der Waals surface area contributed by atoms with E-state index in [1.54, 1.807) is 34.6 Å². The van der Waals surface area contributed by atoms with Crippen molar-refractivity contribution >= 4 is 33.7 Å². The molecule has 9 nitrogen and oxygen atoms in total. The molecule has 0 fully saturated rings. The molecule has 0 amide bonds. The van der Waals surface area contributed by atoms with Crippen LogP contribution < -0.4 is 9.47 Å². The summed E-state index contributed by atoms with van der Waals surface area (Å²) < 4.78 is 27.0. The Morgan fingerprint density at radius 3 is 2.21 bits per heavy atom. The number of ether oxygens (including phenoxy) is 5. The van der Waals surface area contributed by atoms with Crippen LogP contribution in [0.4, 0.5) is 0 Å². The average molecular weight is 541 g/mol. The summed E-state index contributed by atoms with van der Waals surface area (Å²) in [4.78, 5) is 38.0. The Labute approximate surface area is 206 Å². The number of rotatable bonds is 7. The third-order valence-electron chi connectivity index (χ3n) is 5.10. The lowest BCUT2D eigenvalue weighted by molar-refractivity contribution is -0.151. The molecule has 0 bridgehead atoms. The lowest BCUT2D eigenvalue weighted by atomic mass is 9.87. The molecule has 34 heavy (non-hydrogen) atoms. The van der Waals surface area contributed by atoms with Gasteiger partial charge in [-0.25, -0.2) is 9.59 Å². The fraction of sp³-hybridized carbons (Fsp3) is 0.458. The summed E-state index contributed by atoms with van der Waals surface area (Å²) in [6.07, 6.45) is 2.13. The van der Waals surface area contributed by atoms with Gasteiger partial charge in [-0.2, -0.15) is 0 Å². The van der Waals surface area contributed by atoms with Crippen molar-refractivity contribution in [1.29, 1.82) is 0 Å². The summed E-state index contributed by atoms with van der Waals surface area (Å²) in [5, 5.41) is 11.2. The van der Waals surface area contributed by atoms with Gasteiger partial charge in [-0.1, -0.05) is 0 Å². The van der Waals surface area contributed by atoms with E-state index >= 15 is 0 Å². The van der Waals surface area contributed by atoms with Gasteiger partial charge in [-0.3, -0.25) is 4.79 Å². The molecule has 2 rings (SSSR count). The molecule has 0 heterocycles. The van der Waals surface area contributed by atoms with Crippen LogP contribution in [0.5, 0.6) is 11.5 Å². The number of halogens is 1. The highest BCUT2D eigenvalue weighted by molar-refractivity contribution is 9.10. The molecule has 0 saturated heterocycles. The van der Waals surface area contributed by atoms with E-state index in [4.69, 9.17) is 23.7 Å². The van der Waals surface area contributed by atoms with Crippen molar-refractivity contribution in [3.8, 4) is 11.5 Å². The van der Waals surface area contributed by atoms with Gasteiger partial charge in [0.05, 0.1) is 7.11 Å². The molecule has 1 N–H and O–H groups in total. The highest BCUT2D eigenvalue weighted by Gasteiger charge is 2.48. The van der Waals surface area contributed by atoms with Gasteiger partial charge in [-0.05, 0) is 80.2 Å². The number of ketones is 1. The first-order valence-corrected chi connectivity index (χ1v) is 11.1. The Morgan fingerprint density at radius 2 is 1.68 bits per heavy atom. The van der Waals surface area contributed by atoms with Crippen LogP contribution in [-0.2, 0) is 23.8 Å². The van der Waals surface area contributed by atoms with Crippen LogP contribution in [0, 0.1) is 13.8 Å². The number of carbonyl (C=O) groups excluding carboxylic acids is 3. The van der Waals surface area contributed by atoms with Gasteiger partial charge < -0.3 is 28.8 Å². The lowest BCUT2D eigenvalue weighted by Gasteiger charge is -2.31. The van der Waals surface area contributed by atoms with Crippen LogP contribution in [0.15, 0.2) is 28.0 Å². The van der Waals surface area contributed by atoms with Crippen molar-refractivity contribution in [1.82, 2.24) is 0 Å². The molecule has 0 aromatic heterocycles. The molecule has 0 radical (unpaired) electrons. The number of aliphatic hydroxyl groups is 1. The zero-order valence-electron chi connectivity index (χ0n) is 20.5. The van der Waals surface area contributed by atoms with Gasteiger partial charge in [0.2, 0.25) is 5.60 Å². The molecule has 186 valence electrons. The number of allylic oxidation sites excluding steroid dienone is 2. The predicted molar refractivity (Wildman–Crippen MR) is 126 cm³/mol. The predicted octanol–water partition coefficient (Wildman–Crippen LogP) is 3.70. The monoisotopic (exact) mass is 540 g/mol. The molecule has 1 aliphatic rings. The van der Waals surface area contributed by atoms with Crippen LogP contribution in [0.1, 0.15) is 49.2 Å². The fourth-order valence-electron chi connectivity index (χ4n) is 3.28. The van der Waals surface area contributed by atoms with Crippen molar-refractivity contribution in [2.75, 3.05) is 21.0 Å². The first kappa shape index (κ1) is 27.6. The maximum absolute atomic E-state index is 13.2. The van der Waals surface area contributed by atoms with Crippen molar-refractivity contribution in [2.24, 2.45) is 0 Å². The summed E-state index contributed by atoms with van der Waals surface area (Å²) in [5.74, 6) is -2.39. The van der Waals surface area contributed by atoms with Gasteiger partial charge >= 0.3 is 11.9 Å². The molecule has 1 aromatic carbocycles. The minimum Gasteiger partial charge on any atom is -0.497 e. The van der Waals surface area contributed by atoms with E-state index in [1.807, 2.05) is 0 Å². The molecule has 0 saturated carbocycles. The van der Waals surface area contributed by atoms with E-state index in [9.17, 15) is 19.5 Å². The van der Waals surface area contributed by atoms with Crippen molar-refractivity contribution in [3.05, 3.63) is 44.6 Å². The first-order valence-electron chi connectivity index (χ1n) is 10.3. The molecule has 1 aliphatic carbocycles. The summed E-state index contributed by atoms with van der Waals surface area (Å²) in [6, 6.07) is 0. The Hall–Kier alpha value is -2.69. The third-order valence-corrected chi connectivity index (χ3v) is 5.82. The van der Waals surface area contributed by atoms with Gasteiger partial charge in [0.1, 0.15) is 21.4 Å². The smallest absolute Gasteiger partial charge is 0.356 e. The zero-order chi connectivity index (χ0) is 26.0. The van der Waals surface area contributed by atoms with Crippen molar-refractivity contribution in [2.45, 2.75) is 52.7 Å². The lowest BCUT2D eigenvalue weighted by Crippen LogP contribution is -2.47. The molecule has 10 heteroatoms. The third kappa shape index (κ3) is 5.34. The normalized spacial score (nSPS) is 18.1. The molecular formula is C24H29BrO9. The zero-order valence-corrected chi connectivity index (χ0v) is 22.0. The molecule has 1 aromatic rings. The fourth-order valence-corrected chi connectivity index (χ4v) is 3.97. The quantitative estimate of drug-likeness (QED) is 0.313. The highest BCUT2D eigenvalue weighted by Crippen LogP contribution is 2.44. The Bertz CT molecular complexity index is 1080. The summed E-state index contributed by atoms with van der Waals surface area (Å²) in [5.41, 5.74) is -2.06. The average Bonchev–Trinajstić information content (AvgIpc) is 2.73. The molecule has 0 unspecified atom stereocenters. The summed E-state index contributed by atoms with van der Waals surface area (Å²) in [7, 11) is 2.64. The van der Waals surface area contributed by atoms with E-state index < -0.39 is 28.9 Å². The van der Waals surface area contributed by atoms with E-state index in [1.165, 1.54) is 21.1 Å². The maximum Gasteiger partial charge on any atom is 0.356 e. The van der Waals surface area contributed by atoms with E-state index in [0.717, 1.165) is 12.2 Å². The van der Waals surface area contributed by atoms with E-state index in [0.29, 0.717) is 11.1 Å². The number of benzene rings is 1. The first-order chi connectivity index (χ1) is 15.7. The SMILES string of the molecule is COCOc1c(Br)c(OC(=O)[C@@]2(O)C(C)=CC(=O)C=C2OC)c(C)c(C)c1C(=O)OC(C)(C)C. The molecule has 0 aliphatic heterocycles. The minimum absolute atomic E-state index is 0.00879. The van der Waals surface area contributed by atoms with E-state index in [2.05, 4.69) is 15.9 Å². The standard InChI is InChI=1S/C24H29BrO9/c1-12-9-15(26)10-16(31-8)24(12,29)22(28)33-19-14(3)13(2)17(21(27)34-23(4,5)6)20(18(19)25)32-11-30-7/h9-10,29H,11H2,1-8H3/t24-/m1/s1. The molecule has 1 atom stereocenters. The van der Waals surface area contributed by atoms with Gasteiger partial charge in [0, 0.05) is 13.2 Å². The minimum atomic E-state index is -2.32. The van der Waals surface area contributed by atoms with Crippen LogP contribution >= 0.6 is 15.9 Å². The number of methoxy groups -OCH3 is 2. The summed E-state index contributed by atoms with van der Waals surface area (Å²) >= 11 is 3.36. The maximum atomic E-state index is 13.2. The highest BCUT2D eigenvalue weighted by atomic mass is 79.9. The Balaban J connectivity index is 2.63. The number of hydrogen-bond donors (Lipinski definition) is 1. The summed E-state index contributed by atoms with van der Waals surface area (Å²) in [6.45, 7) is 9.71. The van der Waals surface area contributed by atoms with Gasteiger partial charge in [-0.15, -0.1) is 0 Å². The molecular weight excluding hydrogens is 512 g/mol. The molecule has 0 spiro atoms. The number of esters is 2. The van der Waals surface area contributed by atoms with Gasteiger partial charge in [0.15, 0.2) is 24.1 Å². The van der Waals surface area contributed by atoms with Crippen LogP contribution in [0.2, 0.25) is 0 Å². The largest absolute Gasteiger partial charge is 0.497 e. The van der Waals surface area contributed by atoms with Crippen LogP contribution in [-0.4, -0.2) is 55.0 Å². The Morgan fingerprint density at radius 1 is 1.06 bits per heavy atom. The number of carbonyl (C=O) groups is 3. The van der Waals surface area contributed by atoms with Crippen molar-refractivity contribution in [3.63, 3.8) is 0 Å². The second-order valence-corrected chi connectivity index (χ2v) is 9.49. The number of hydrogen-bond acceptors (Lipinski definition) is 9. The van der Waals surface area contributed by atoms with Gasteiger partial charge in [0.25, 0.3) is 0 Å². The van der Waals surface area contributed by atoms with Crippen molar-refractivity contribution < 1.29 is 43.2 Å². The van der Waals surface area contributed by atoms with E-state index in [-0.39, 0.29) is 39.7 Å².